The third kappa shape index (κ3) is 1.02. The first-order valence-electron chi connectivity index (χ1n) is 4.61. The average molecular weight is 174 g/mol. The van der Waals surface area contributed by atoms with Crippen molar-refractivity contribution in [3.63, 3.8) is 0 Å². The number of aromatic nitrogens is 4. The second-order valence-electron chi connectivity index (χ2n) is 3.42. The molecule has 0 bridgehead atoms. The number of aryl methyl sites for hydroxylation is 2. The summed E-state index contributed by atoms with van der Waals surface area (Å²) in [5.74, 6) is 0.723. The minimum atomic E-state index is 0.723. The van der Waals surface area contributed by atoms with Crippen molar-refractivity contribution in [2.75, 3.05) is 0 Å². The van der Waals surface area contributed by atoms with E-state index in [1.165, 1.54) is 24.1 Å². The predicted molar refractivity (Wildman–Crippen MR) is 47.4 cm³/mol. The van der Waals surface area contributed by atoms with Gasteiger partial charge in [0.15, 0.2) is 0 Å². The standard InChI is InChI=1S/C9H10N4/c1-2-4-8-7(3-1)5-13-9(12-8)10-6-11-13/h5-6H,1-4H2. The van der Waals surface area contributed by atoms with E-state index in [9.17, 15) is 0 Å². The van der Waals surface area contributed by atoms with E-state index < -0.39 is 0 Å². The van der Waals surface area contributed by atoms with Gasteiger partial charge >= 0.3 is 0 Å². The van der Waals surface area contributed by atoms with Crippen LogP contribution >= 0.6 is 0 Å². The van der Waals surface area contributed by atoms with Gasteiger partial charge in [0.2, 0.25) is 0 Å². The summed E-state index contributed by atoms with van der Waals surface area (Å²) in [6, 6.07) is 0. The summed E-state index contributed by atoms with van der Waals surface area (Å²) >= 11 is 0. The van der Waals surface area contributed by atoms with Gasteiger partial charge in [-0.25, -0.2) is 9.50 Å². The molecule has 0 atom stereocenters. The minimum absolute atomic E-state index is 0.723. The molecule has 0 spiro atoms. The average Bonchev–Trinajstić information content (AvgIpc) is 2.61. The van der Waals surface area contributed by atoms with Gasteiger partial charge in [0.1, 0.15) is 6.33 Å². The van der Waals surface area contributed by atoms with Gasteiger partial charge in [-0.2, -0.15) is 10.1 Å². The molecule has 2 aromatic heterocycles. The SMILES string of the molecule is c1nc2nc3c(cn2n1)CCCC3. The van der Waals surface area contributed by atoms with Crippen molar-refractivity contribution in [1.29, 1.82) is 0 Å². The smallest absolute Gasteiger partial charge is 0.216 e. The van der Waals surface area contributed by atoms with Crippen LogP contribution in [0.4, 0.5) is 0 Å². The molecule has 0 saturated carbocycles. The number of hydrogen-bond donors (Lipinski definition) is 0. The fourth-order valence-electron chi connectivity index (χ4n) is 1.86. The summed E-state index contributed by atoms with van der Waals surface area (Å²) in [6.07, 6.45) is 8.37. The third-order valence-corrected chi connectivity index (χ3v) is 2.55. The lowest BCUT2D eigenvalue weighted by atomic mass is 9.98. The van der Waals surface area contributed by atoms with E-state index in [1.54, 1.807) is 10.8 Å². The third-order valence-electron chi connectivity index (χ3n) is 2.55. The van der Waals surface area contributed by atoms with Crippen LogP contribution < -0.4 is 0 Å². The first kappa shape index (κ1) is 7.00. The van der Waals surface area contributed by atoms with E-state index in [0.29, 0.717) is 0 Å². The molecule has 0 unspecified atom stereocenters. The highest BCUT2D eigenvalue weighted by Crippen LogP contribution is 2.18. The van der Waals surface area contributed by atoms with Gasteiger partial charge in [0.25, 0.3) is 5.78 Å². The molecule has 0 N–H and O–H groups in total. The lowest BCUT2D eigenvalue weighted by Crippen LogP contribution is -2.08. The van der Waals surface area contributed by atoms with Crippen molar-refractivity contribution >= 4 is 5.78 Å². The predicted octanol–water partition coefficient (Wildman–Crippen LogP) is 1.00. The highest BCUT2D eigenvalue weighted by atomic mass is 15.3. The molecule has 2 heterocycles. The zero-order chi connectivity index (χ0) is 8.67. The zero-order valence-corrected chi connectivity index (χ0v) is 7.27. The minimum Gasteiger partial charge on any atom is -0.216 e. The largest absolute Gasteiger partial charge is 0.252 e. The molecule has 4 nitrogen and oxygen atoms in total. The lowest BCUT2D eigenvalue weighted by molar-refractivity contribution is 0.659. The van der Waals surface area contributed by atoms with Gasteiger partial charge in [-0.3, -0.25) is 0 Å². The quantitative estimate of drug-likeness (QED) is 0.598. The van der Waals surface area contributed by atoms with E-state index in [-0.39, 0.29) is 0 Å². The van der Waals surface area contributed by atoms with E-state index >= 15 is 0 Å². The lowest BCUT2D eigenvalue weighted by Gasteiger charge is -2.13. The summed E-state index contributed by atoms with van der Waals surface area (Å²) in [4.78, 5) is 8.53. The molecule has 2 aromatic rings. The second kappa shape index (κ2) is 2.52. The monoisotopic (exact) mass is 174 g/mol. The maximum atomic E-state index is 4.47. The molecule has 4 heteroatoms. The molecule has 0 radical (unpaired) electrons. The Morgan fingerprint density at radius 1 is 1.23 bits per heavy atom. The fraction of sp³-hybridized carbons (Fsp3) is 0.444. The van der Waals surface area contributed by atoms with Gasteiger partial charge in [-0.1, -0.05) is 0 Å². The van der Waals surface area contributed by atoms with Crippen LogP contribution in [0.25, 0.3) is 5.78 Å². The van der Waals surface area contributed by atoms with Gasteiger partial charge in [-0.15, -0.1) is 0 Å². The van der Waals surface area contributed by atoms with Gasteiger partial charge < -0.3 is 0 Å². The molecule has 1 aliphatic rings. The van der Waals surface area contributed by atoms with Crippen molar-refractivity contribution in [1.82, 2.24) is 19.6 Å². The summed E-state index contributed by atoms with van der Waals surface area (Å²) in [7, 11) is 0. The van der Waals surface area contributed by atoms with Gasteiger partial charge in [-0.05, 0) is 31.2 Å². The van der Waals surface area contributed by atoms with E-state index in [4.69, 9.17) is 0 Å². The molecule has 0 aromatic carbocycles. The van der Waals surface area contributed by atoms with Crippen LogP contribution in [0.3, 0.4) is 0 Å². The van der Waals surface area contributed by atoms with E-state index in [1.807, 2.05) is 0 Å². The molecule has 0 aliphatic heterocycles. The second-order valence-corrected chi connectivity index (χ2v) is 3.42. The Bertz CT molecular complexity index is 406. The van der Waals surface area contributed by atoms with Crippen LogP contribution in [-0.2, 0) is 12.8 Å². The summed E-state index contributed by atoms with van der Waals surface area (Å²) in [5.41, 5.74) is 2.55. The van der Waals surface area contributed by atoms with E-state index in [0.717, 1.165) is 18.6 Å². The fourth-order valence-corrected chi connectivity index (χ4v) is 1.86. The molecule has 0 fully saturated rings. The molecular formula is C9H10N4. The molecular weight excluding hydrogens is 164 g/mol. The van der Waals surface area contributed by atoms with Crippen LogP contribution in [0.1, 0.15) is 24.1 Å². The highest BCUT2D eigenvalue weighted by Gasteiger charge is 2.12. The Labute approximate surface area is 75.6 Å². The summed E-state index contributed by atoms with van der Waals surface area (Å²) < 4.78 is 1.75. The number of hydrogen-bond acceptors (Lipinski definition) is 3. The normalized spacial score (nSPS) is 16.0. The molecule has 3 rings (SSSR count). The van der Waals surface area contributed by atoms with Crippen LogP contribution in [-0.4, -0.2) is 19.6 Å². The Balaban J connectivity index is 2.28. The summed E-state index contributed by atoms with van der Waals surface area (Å²) in [5, 5.41) is 4.07. The summed E-state index contributed by atoms with van der Waals surface area (Å²) in [6.45, 7) is 0. The zero-order valence-electron chi connectivity index (χ0n) is 7.27. The van der Waals surface area contributed by atoms with Crippen LogP contribution in [0.15, 0.2) is 12.5 Å². The molecule has 13 heavy (non-hydrogen) atoms. The number of fused-ring (bicyclic) bond motifs is 2. The Morgan fingerprint density at radius 2 is 2.15 bits per heavy atom. The van der Waals surface area contributed by atoms with Crippen molar-refractivity contribution in [2.24, 2.45) is 0 Å². The Kier molecular flexibility index (Phi) is 1.36. The van der Waals surface area contributed by atoms with Crippen LogP contribution in [0, 0.1) is 0 Å². The first-order valence-corrected chi connectivity index (χ1v) is 4.61. The number of rotatable bonds is 0. The maximum Gasteiger partial charge on any atom is 0.252 e. The van der Waals surface area contributed by atoms with Crippen LogP contribution in [0.5, 0.6) is 0 Å². The molecule has 1 aliphatic carbocycles. The van der Waals surface area contributed by atoms with Crippen LogP contribution in [0.2, 0.25) is 0 Å². The van der Waals surface area contributed by atoms with Crippen molar-refractivity contribution in [2.45, 2.75) is 25.7 Å². The molecule has 0 amide bonds. The molecule has 66 valence electrons. The van der Waals surface area contributed by atoms with Crippen molar-refractivity contribution in [3.05, 3.63) is 23.8 Å². The van der Waals surface area contributed by atoms with Gasteiger partial charge in [0, 0.05) is 11.9 Å². The Morgan fingerprint density at radius 3 is 3.15 bits per heavy atom. The topological polar surface area (TPSA) is 43.1 Å². The maximum absolute atomic E-state index is 4.47. The highest BCUT2D eigenvalue weighted by molar-refractivity contribution is 5.32. The molecule has 0 saturated heterocycles. The van der Waals surface area contributed by atoms with Gasteiger partial charge in [0.05, 0.1) is 0 Å². The van der Waals surface area contributed by atoms with Crippen molar-refractivity contribution in [3.8, 4) is 0 Å². The van der Waals surface area contributed by atoms with Crippen molar-refractivity contribution < 1.29 is 0 Å². The Hall–Kier alpha value is -1.45. The number of nitrogens with zero attached hydrogens (tertiary/aromatic N) is 4. The van der Waals surface area contributed by atoms with E-state index in [2.05, 4.69) is 21.3 Å². The first-order chi connectivity index (χ1) is 6.43.